The molecule has 0 saturated carbocycles. The zero-order valence-corrected chi connectivity index (χ0v) is 12.2. The molecule has 5 nitrogen and oxygen atoms in total. The first-order valence-electron chi connectivity index (χ1n) is 5.93. The molecule has 0 aliphatic rings. The number of nitrogens with zero attached hydrogens (tertiary/aromatic N) is 3. The van der Waals surface area contributed by atoms with E-state index in [4.69, 9.17) is 16.0 Å². The lowest BCUT2D eigenvalue weighted by Crippen LogP contribution is -2.00. The molecule has 0 aliphatic heterocycles. The normalized spacial score (nSPS) is 10.7. The predicted octanol–water partition coefficient (Wildman–Crippen LogP) is 3.77. The van der Waals surface area contributed by atoms with Crippen molar-refractivity contribution in [1.29, 1.82) is 0 Å². The molecule has 0 unspecified atom stereocenters. The Hall–Kier alpha value is -1.92. The summed E-state index contributed by atoms with van der Waals surface area (Å²) < 4.78 is 5.88. The highest BCUT2D eigenvalue weighted by Gasteiger charge is 2.07. The molecule has 2 heterocycles. The number of benzene rings is 1. The second-order valence-corrected chi connectivity index (χ2v) is 5.93. The third kappa shape index (κ3) is 2.81. The third-order valence-corrected chi connectivity index (χ3v) is 3.90. The van der Waals surface area contributed by atoms with Gasteiger partial charge in [-0.05, 0) is 30.7 Å². The van der Waals surface area contributed by atoms with Crippen molar-refractivity contribution in [3.05, 3.63) is 45.7 Å². The first-order valence-corrected chi connectivity index (χ1v) is 7.13. The van der Waals surface area contributed by atoms with E-state index in [9.17, 15) is 0 Å². The molecule has 3 aromatic rings. The molecule has 0 saturated heterocycles. The molecule has 20 heavy (non-hydrogen) atoms. The molecule has 1 N–H and O–H groups in total. The van der Waals surface area contributed by atoms with Crippen molar-refractivity contribution in [1.82, 2.24) is 15.2 Å². The van der Waals surface area contributed by atoms with E-state index < -0.39 is 0 Å². The van der Waals surface area contributed by atoms with Crippen LogP contribution < -0.4 is 5.32 Å². The van der Waals surface area contributed by atoms with Crippen molar-refractivity contribution in [3.63, 3.8) is 0 Å². The van der Waals surface area contributed by atoms with Crippen LogP contribution in [-0.4, -0.2) is 15.2 Å². The lowest BCUT2D eigenvalue weighted by Gasteiger charge is -2.08. The number of hydrogen-bond donors (Lipinski definition) is 1. The number of thiazole rings is 1. The molecule has 1 aromatic carbocycles. The molecule has 0 amide bonds. The van der Waals surface area contributed by atoms with E-state index in [2.05, 4.69) is 20.5 Å². The highest BCUT2D eigenvalue weighted by molar-refractivity contribution is 7.15. The number of anilines is 1. The van der Waals surface area contributed by atoms with Gasteiger partial charge in [-0.15, -0.1) is 21.5 Å². The topological polar surface area (TPSA) is 63.8 Å². The van der Waals surface area contributed by atoms with Crippen LogP contribution in [0.4, 0.5) is 5.69 Å². The highest BCUT2D eigenvalue weighted by atomic mass is 35.5. The van der Waals surface area contributed by atoms with Gasteiger partial charge in [-0.25, -0.2) is 4.98 Å². The summed E-state index contributed by atoms with van der Waals surface area (Å²) in [4.78, 5) is 4.21. The van der Waals surface area contributed by atoms with E-state index in [1.165, 1.54) is 17.7 Å². The maximum Gasteiger partial charge on any atom is 0.247 e. The van der Waals surface area contributed by atoms with Gasteiger partial charge in [0.2, 0.25) is 12.3 Å². The first kappa shape index (κ1) is 13.1. The van der Waals surface area contributed by atoms with Gasteiger partial charge in [-0.2, -0.15) is 0 Å². The summed E-state index contributed by atoms with van der Waals surface area (Å²) in [5.41, 5.74) is 3.05. The van der Waals surface area contributed by atoms with Crippen LogP contribution in [0.25, 0.3) is 11.5 Å². The lowest BCUT2D eigenvalue weighted by atomic mass is 10.1. The smallest absolute Gasteiger partial charge is 0.247 e. The second-order valence-electron chi connectivity index (χ2n) is 4.19. The molecule has 0 spiro atoms. The molecule has 2 aromatic heterocycles. The quantitative estimate of drug-likeness (QED) is 0.795. The van der Waals surface area contributed by atoms with Crippen LogP contribution in [0.15, 0.2) is 35.2 Å². The number of aromatic nitrogens is 3. The van der Waals surface area contributed by atoms with Gasteiger partial charge in [0, 0.05) is 11.3 Å². The Morgan fingerprint density at radius 2 is 2.30 bits per heavy atom. The van der Waals surface area contributed by atoms with Gasteiger partial charge in [-0.3, -0.25) is 0 Å². The minimum atomic E-state index is 0.520. The van der Waals surface area contributed by atoms with E-state index in [0.29, 0.717) is 16.8 Å². The fraction of sp³-hybridized carbons (Fsp3) is 0.154. The molecule has 102 valence electrons. The van der Waals surface area contributed by atoms with E-state index in [1.54, 1.807) is 6.20 Å². The SMILES string of the molecule is Cc1cc(-c2nnco2)ccc1NCc1ncc(Cl)s1. The zero-order valence-electron chi connectivity index (χ0n) is 10.6. The van der Waals surface area contributed by atoms with Crippen molar-refractivity contribution >= 4 is 28.6 Å². The van der Waals surface area contributed by atoms with Crippen LogP contribution in [0.2, 0.25) is 4.34 Å². The Morgan fingerprint density at radius 1 is 1.40 bits per heavy atom. The average molecular weight is 307 g/mol. The van der Waals surface area contributed by atoms with Gasteiger partial charge in [0.25, 0.3) is 0 Å². The maximum absolute atomic E-state index is 5.86. The molecule has 3 rings (SSSR count). The van der Waals surface area contributed by atoms with Crippen molar-refractivity contribution in [2.24, 2.45) is 0 Å². The van der Waals surface area contributed by atoms with E-state index in [1.807, 2.05) is 25.1 Å². The van der Waals surface area contributed by atoms with Crippen LogP contribution in [0, 0.1) is 6.92 Å². The summed E-state index contributed by atoms with van der Waals surface area (Å²) >= 11 is 7.33. The third-order valence-electron chi connectivity index (χ3n) is 2.79. The first-order chi connectivity index (χ1) is 9.72. The summed E-state index contributed by atoms with van der Waals surface area (Å²) in [5.74, 6) is 0.520. The lowest BCUT2D eigenvalue weighted by molar-refractivity contribution is 0.568. The monoisotopic (exact) mass is 306 g/mol. The molecular formula is C13H11ClN4OS. The second kappa shape index (κ2) is 5.60. The van der Waals surface area contributed by atoms with E-state index in [0.717, 1.165) is 21.8 Å². The summed E-state index contributed by atoms with van der Waals surface area (Å²) in [6, 6.07) is 5.94. The molecule has 7 heteroatoms. The summed E-state index contributed by atoms with van der Waals surface area (Å²) in [6.45, 7) is 2.68. The summed E-state index contributed by atoms with van der Waals surface area (Å²) in [7, 11) is 0. The number of nitrogens with one attached hydrogen (secondary N) is 1. The van der Waals surface area contributed by atoms with Gasteiger partial charge >= 0.3 is 0 Å². The molecule has 0 fully saturated rings. The Kier molecular flexibility index (Phi) is 3.66. The van der Waals surface area contributed by atoms with E-state index in [-0.39, 0.29) is 0 Å². The van der Waals surface area contributed by atoms with Gasteiger partial charge in [0.1, 0.15) is 9.34 Å². The van der Waals surface area contributed by atoms with Crippen LogP contribution in [-0.2, 0) is 6.54 Å². The van der Waals surface area contributed by atoms with Crippen molar-refractivity contribution in [2.75, 3.05) is 5.32 Å². The summed E-state index contributed by atoms with van der Waals surface area (Å²) in [6.07, 6.45) is 2.98. The van der Waals surface area contributed by atoms with Crippen molar-refractivity contribution in [2.45, 2.75) is 13.5 Å². The van der Waals surface area contributed by atoms with Gasteiger partial charge in [-0.1, -0.05) is 11.6 Å². The highest BCUT2D eigenvalue weighted by Crippen LogP contribution is 2.24. The van der Waals surface area contributed by atoms with E-state index >= 15 is 0 Å². The predicted molar refractivity (Wildman–Crippen MR) is 78.9 cm³/mol. The van der Waals surface area contributed by atoms with Gasteiger partial charge in [0.15, 0.2) is 0 Å². The van der Waals surface area contributed by atoms with Crippen LogP contribution >= 0.6 is 22.9 Å². The van der Waals surface area contributed by atoms with Crippen molar-refractivity contribution in [3.8, 4) is 11.5 Å². The van der Waals surface area contributed by atoms with Gasteiger partial charge < -0.3 is 9.73 Å². The van der Waals surface area contributed by atoms with Crippen molar-refractivity contribution < 1.29 is 4.42 Å². The van der Waals surface area contributed by atoms with Crippen LogP contribution in [0.5, 0.6) is 0 Å². The Bertz CT molecular complexity index is 711. The minimum absolute atomic E-state index is 0.520. The maximum atomic E-state index is 5.86. The number of aryl methyl sites for hydroxylation is 1. The Balaban J connectivity index is 1.74. The Labute approximate surface area is 124 Å². The van der Waals surface area contributed by atoms with Crippen LogP contribution in [0.1, 0.15) is 10.6 Å². The summed E-state index contributed by atoms with van der Waals surface area (Å²) in [5, 5.41) is 11.9. The molecule has 0 aliphatic carbocycles. The zero-order chi connectivity index (χ0) is 13.9. The number of rotatable bonds is 4. The number of halogens is 1. The minimum Gasteiger partial charge on any atom is -0.423 e. The standard InChI is InChI=1S/C13H11ClN4OS/c1-8-4-9(13-18-17-7-19-13)2-3-10(8)15-6-12-16-5-11(14)20-12/h2-5,7,15H,6H2,1H3. The Morgan fingerprint density at radius 3 is 2.95 bits per heavy atom. The van der Waals surface area contributed by atoms with Crippen LogP contribution in [0.3, 0.4) is 0 Å². The molecular weight excluding hydrogens is 296 g/mol. The fourth-order valence-electron chi connectivity index (χ4n) is 1.83. The average Bonchev–Trinajstić information content (AvgIpc) is 3.08. The molecule has 0 atom stereocenters. The largest absolute Gasteiger partial charge is 0.423 e. The number of hydrogen-bond acceptors (Lipinski definition) is 6. The molecule has 0 bridgehead atoms. The van der Waals surface area contributed by atoms with Gasteiger partial charge in [0.05, 0.1) is 12.7 Å². The molecule has 0 radical (unpaired) electrons. The fourth-order valence-corrected chi connectivity index (χ4v) is 2.73.